The van der Waals surface area contributed by atoms with Crippen molar-refractivity contribution in [1.29, 1.82) is 0 Å². The first-order chi connectivity index (χ1) is 8.71. The summed E-state index contributed by atoms with van der Waals surface area (Å²) in [5, 5.41) is 7.95. The molecule has 0 saturated carbocycles. The van der Waals surface area contributed by atoms with Crippen LogP contribution in [0.5, 0.6) is 0 Å². The Morgan fingerprint density at radius 1 is 1.44 bits per heavy atom. The van der Waals surface area contributed by atoms with Gasteiger partial charge in [0.05, 0.1) is 5.69 Å². The van der Waals surface area contributed by atoms with Crippen LogP contribution in [0.1, 0.15) is 37.6 Å². The molecule has 18 heavy (non-hydrogen) atoms. The van der Waals surface area contributed by atoms with Crippen LogP contribution in [0.4, 0.5) is 0 Å². The van der Waals surface area contributed by atoms with Gasteiger partial charge in [-0.2, -0.15) is 5.10 Å². The molecular weight excluding hydrogens is 224 g/mol. The molecule has 1 N–H and O–H groups in total. The van der Waals surface area contributed by atoms with Gasteiger partial charge in [0.15, 0.2) is 0 Å². The summed E-state index contributed by atoms with van der Waals surface area (Å²) in [5.41, 5.74) is 2.71. The van der Waals surface area contributed by atoms with Crippen molar-refractivity contribution in [3.05, 3.63) is 17.5 Å². The Hall–Kier alpha value is -0.870. The highest BCUT2D eigenvalue weighted by Gasteiger charge is 2.35. The normalized spacial score (nSPS) is 24.9. The van der Waals surface area contributed by atoms with E-state index >= 15 is 0 Å². The molecule has 2 atom stereocenters. The molecule has 1 aromatic heterocycles. The molecule has 4 heteroatoms. The van der Waals surface area contributed by atoms with Gasteiger partial charge >= 0.3 is 0 Å². The van der Waals surface area contributed by atoms with E-state index in [1.807, 2.05) is 11.7 Å². The maximum Gasteiger partial charge on any atom is 0.0669 e. The largest absolute Gasteiger partial charge is 0.319 e. The number of nitrogens with zero attached hydrogens (tertiary/aromatic N) is 3. The van der Waals surface area contributed by atoms with Crippen LogP contribution in [-0.2, 0) is 13.5 Å². The fraction of sp³-hybridized carbons (Fsp3) is 0.786. The Morgan fingerprint density at radius 3 is 2.83 bits per heavy atom. The summed E-state index contributed by atoms with van der Waals surface area (Å²) in [6.45, 7) is 7.90. The van der Waals surface area contributed by atoms with Crippen molar-refractivity contribution in [3.8, 4) is 0 Å². The molecule has 0 aromatic carbocycles. The van der Waals surface area contributed by atoms with E-state index in [2.05, 4.69) is 42.4 Å². The van der Waals surface area contributed by atoms with Gasteiger partial charge in [-0.1, -0.05) is 13.8 Å². The molecular formula is C14H26N4. The fourth-order valence-electron chi connectivity index (χ4n) is 3.28. The van der Waals surface area contributed by atoms with E-state index in [-0.39, 0.29) is 0 Å². The number of rotatable bonds is 5. The van der Waals surface area contributed by atoms with E-state index in [9.17, 15) is 0 Å². The Balaban J connectivity index is 2.30. The summed E-state index contributed by atoms with van der Waals surface area (Å²) < 4.78 is 1.97. The molecule has 2 unspecified atom stereocenters. The van der Waals surface area contributed by atoms with E-state index in [0.717, 1.165) is 19.5 Å². The van der Waals surface area contributed by atoms with Crippen LogP contribution >= 0.6 is 0 Å². The first kappa shape index (κ1) is 13.6. The molecule has 0 bridgehead atoms. The van der Waals surface area contributed by atoms with E-state index in [0.29, 0.717) is 12.0 Å². The van der Waals surface area contributed by atoms with Gasteiger partial charge in [0.1, 0.15) is 0 Å². The number of hydrogen-bond donors (Lipinski definition) is 1. The second kappa shape index (κ2) is 5.85. The van der Waals surface area contributed by atoms with E-state index < -0.39 is 0 Å². The summed E-state index contributed by atoms with van der Waals surface area (Å²) in [6, 6.07) is 0.547. The minimum atomic E-state index is 0.547. The molecule has 0 amide bonds. The zero-order valence-electron chi connectivity index (χ0n) is 12.1. The molecule has 0 spiro atoms. The van der Waals surface area contributed by atoms with Crippen molar-refractivity contribution >= 4 is 0 Å². The highest BCUT2D eigenvalue weighted by Crippen LogP contribution is 2.37. The minimum absolute atomic E-state index is 0.547. The standard InChI is InChI=1S/C14H26N4/c1-5-13-12(10-17(4)16-13)14-11(9-15-3)7-8-18(14)6-2/h10-11,14-15H,5-9H2,1-4H3. The highest BCUT2D eigenvalue weighted by atomic mass is 15.3. The van der Waals surface area contributed by atoms with Crippen molar-refractivity contribution in [2.24, 2.45) is 13.0 Å². The van der Waals surface area contributed by atoms with E-state index in [1.165, 1.54) is 24.2 Å². The molecule has 2 heterocycles. The molecule has 1 aliphatic heterocycles. The van der Waals surface area contributed by atoms with Crippen LogP contribution in [0.25, 0.3) is 0 Å². The molecule has 2 rings (SSSR count). The Morgan fingerprint density at radius 2 is 2.22 bits per heavy atom. The number of hydrogen-bond acceptors (Lipinski definition) is 3. The van der Waals surface area contributed by atoms with Gasteiger partial charge in [-0.3, -0.25) is 9.58 Å². The Kier molecular flexibility index (Phi) is 4.40. The molecule has 1 aromatic rings. The van der Waals surface area contributed by atoms with E-state index in [4.69, 9.17) is 0 Å². The number of aryl methyl sites for hydroxylation is 2. The fourth-order valence-corrected chi connectivity index (χ4v) is 3.28. The first-order valence-corrected chi connectivity index (χ1v) is 7.12. The van der Waals surface area contributed by atoms with Crippen molar-refractivity contribution in [1.82, 2.24) is 20.0 Å². The second-order valence-corrected chi connectivity index (χ2v) is 5.24. The lowest BCUT2D eigenvalue weighted by Gasteiger charge is -2.27. The lowest BCUT2D eigenvalue weighted by atomic mass is 9.93. The lowest BCUT2D eigenvalue weighted by molar-refractivity contribution is 0.237. The summed E-state index contributed by atoms with van der Waals surface area (Å²) in [6.07, 6.45) is 4.54. The summed E-state index contributed by atoms with van der Waals surface area (Å²) >= 11 is 0. The first-order valence-electron chi connectivity index (χ1n) is 7.12. The highest BCUT2D eigenvalue weighted by molar-refractivity contribution is 5.24. The molecule has 0 radical (unpaired) electrons. The van der Waals surface area contributed by atoms with Crippen molar-refractivity contribution < 1.29 is 0 Å². The zero-order valence-corrected chi connectivity index (χ0v) is 12.1. The zero-order chi connectivity index (χ0) is 13.1. The number of nitrogens with one attached hydrogen (secondary N) is 1. The third kappa shape index (κ3) is 2.45. The maximum atomic E-state index is 4.61. The molecule has 4 nitrogen and oxygen atoms in total. The summed E-state index contributed by atoms with van der Waals surface area (Å²) in [5.74, 6) is 0.712. The molecule has 1 saturated heterocycles. The van der Waals surface area contributed by atoms with Gasteiger partial charge in [-0.15, -0.1) is 0 Å². The molecule has 0 aliphatic carbocycles. The van der Waals surface area contributed by atoms with Crippen LogP contribution < -0.4 is 5.32 Å². The van der Waals surface area contributed by atoms with Crippen LogP contribution in [0.2, 0.25) is 0 Å². The Bertz CT molecular complexity index is 385. The predicted molar refractivity (Wildman–Crippen MR) is 74.6 cm³/mol. The van der Waals surface area contributed by atoms with Crippen molar-refractivity contribution in [2.45, 2.75) is 32.7 Å². The summed E-state index contributed by atoms with van der Waals surface area (Å²) in [4.78, 5) is 2.60. The molecule has 1 fully saturated rings. The van der Waals surface area contributed by atoms with Crippen molar-refractivity contribution in [2.75, 3.05) is 26.7 Å². The van der Waals surface area contributed by atoms with Crippen LogP contribution in [0, 0.1) is 5.92 Å². The average molecular weight is 250 g/mol. The topological polar surface area (TPSA) is 33.1 Å². The second-order valence-electron chi connectivity index (χ2n) is 5.24. The number of aromatic nitrogens is 2. The van der Waals surface area contributed by atoms with Gasteiger partial charge in [0.2, 0.25) is 0 Å². The smallest absolute Gasteiger partial charge is 0.0669 e. The molecule has 1 aliphatic rings. The van der Waals surface area contributed by atoms with Gasteiger partial charge in [-0.25, -0.2) is 0 Å². The Labute approximate surface area is 110 Å². The van der Waals surface area contributed by atoms with Gasteiger partial charge in [0.25, 0.3) is 0 Å². The van der Waals surface area contributed by atoms with Crippen LogP contribution in [0.3, 0.4) is 0 Å². The third-order valence-electron chi connectivity index (χ3n) is 4.09. The van der Waals surface area contributed by atoms with E-state index in [1.54, 1.807) is 0 Å². The van der Waals surface area contributed by atoms with Crippen molar-refractivity contribution in [3.63, 3.8) is 0 Å². The average Bonchev–Trinajstić information content (AvgIpc) is 2.92. The molecule has 102 valence electrons. The van der Waals surface area contributed by atoms with Gasteiger partial charge < -0.3 is 5.32 Å². The van der Waals surface area contributed by atoms with Gasteiger partial charge in [-0.05, 0) is 45.4 Å². The maximum absolute atomic E-state index is 4.61. The van der Waals surface area contributed by atoms with Gasteiger partial charge in [0, 0.05) is 24.8 Å². The van der Waals surface area contributed by atoms with Crippen LogP contribution in [-0.4, -0.2) is 41.4 Å². The van der Waals surface area contributed by atoms with Crippen LogP contribution in [0.15, 0.2) is 6.20 Å². The quantitative estimate of drug-likeness (QED) is 0.861. The number of likely N-dealkylation sites (tertiary alicyclic amines) is 1. The summed E-state index contributed by atoms with van der Waals surface area (Å²) in [7, 11) is 4.08. The minimum Gasteiger partial charge on any atom is -0.319 e. The predicted octanol–water partition coefficient (Wildman–Crippen LogP) is 1.58. The SMILES string of the molecule is CCc1nn(C)cc1C1C(CNC)CCN1CC. The monoisotopic (exact) mass is 250 g/mol. The third-order valence-corrected chi connectivity index (χ3v) is 4.09. The lowest BCUT2D eigenvalue weighted by Crippen LogP contribution is -2.29.